The number of carbonyl (C=O) groups excluding carboxylic acids is 1. The third-order valence-electron chi connectivity index (χ3n) is 3.35. The summed E-state index contributed by atoms with van der Waals surface area (Å²) < 4.78 is 16.1. The van der Waals surface area contributed by atoms with E-state index in [4.69, 9.17) is 11.6 Å². The molecule has 5 nitrogen and oxygen atoms in total. The number of nitriles is 1. The Morgan fingerprint density at radius 2 is 2.08 bits per heavy atom. The zero-order chi connectivity index (χ0) is 20.3. The van der Waals surface area contributed by atoms with E-state index in [0.717, 1.165) is 3.79 Å². The largest absolute Gasteiger partial charge is 0.598 e. The van der Waals surface area contributed by atoms with E-state index in [1.807, 2.05) is 26.8 Å². The van der Waals surface area contributed by atoms with E-state index in [1.165, 1.54) is 17.5 Å². The highest BCUT2D eigenvalue weighted by atomic mass is 79.9. The van der Waals surface area contributed by atoms with Gasteiger partial charge in [0, 0.05) is 43.0 Å². The van der Waals surface area contributed by atoms with Crippen LogP contribution in [0.5, 0.6) is 0 Å². The second-order valence-corrected chi connectivity index (χ2v) is 12.1. The van der Waals surface area contributed by atoms with Crippen LogP contribution in [0.25, 0.3) is 0 Å². The van der Waals surface area contributed by atoms with Gasteiger partial charge in [-0.15, -0.1) is 16.1 Å². The van der Waals surface area contributed by atoms with Crippen molar-refractivity contribution in [3.63, 3.8) is 0 Å². The molecule has 0 saturated carbocycles. The first kappa shape index (κ1) is 23.5. The van der Waals surface area contributed by atoms with Crippen molar-refractivity contribution < 1.29 is 9.35 Å². The lowest BCUT2D eigenvalue weighted by Crippen LogP contribution is -2.50. The quantitative estimate of drug-likeness (QED) is 0.356. The Balaban J connectivity index is 3.31. The first-order valence-corrected chi connectivity index (χ1v) is 10.9. The van der Waals surface area contributed by atoms with Gasteiger partial charge in [0.2, 0.25) is 0 Å². The summed E-state index contributed by atoms with van der Waals surface area (Å²) in [6.07, 6.45) is 1.43. The molecule has 0 radical (unpaired) electrons. The zero-order valence-electron chi connectivity index (χ0n) is 15.6. The summed E-state index contributed by atoms with van der Waals surface area (Å²) in [5, 5.41) is 9.78. The number of thiophene rings is 1. The number of carbonyl (C=O) groups is 1. The number of hydrogen-bond donors (Lipinski definition) is 1. The molecule has 1 rings (SSSR count). The van der Waals surface area contributed by atoms with Gasteiger partial charge in [0.25, 0.3) is 0 Å². The van der Waals surface area contributed by atoms with E-state index >= 15 is 0 Å². The highest BCUT2D eigenvalue weighted by Gasteiger charge is 2.41. The summed E-state index contributed by atoms with van der Waals surface area (Å²) in [5.41, 5.74) is -0.943. The van der Waals surface area contributed by atoms with Crippen LogP contribution >= 0.6 is 38.9 Å². The van der Waals surface area contributed by atoms with Crippen LogP contribution in [0.1, 0.15) is 39.0 Å². The normalized spacial score (nSPS) is 15.9. The fraction of sp³-hybridized carbons (Fsp3) is 0.529. The maximum absolute atomic E-state index is 12.7. The number of Topliss-reactive ketones (excluding diaryl/α,β-unsaturated/α-hetero) is 1. The van der Waals surface area contributed by atoms with Crippen LogP contribution in [0.4, 0.5) is 0 Å². The lowest BCUT2D eigenvalue weighted by Gasteiger charge is -2.34. The van der Waals surface area contributed by atoms with Crippen molar-refractivity contribution in [2.45, 2.75) is 44.4 Å². The van der Waals surface area contributed by atoms with Crippen LogP contribution in [0.15, 0.2) is 21.6 Å². The van der Waals surface area contributed by atoms with E-state index in [2.05, 4.69) is 20.7 Å². The van der Waals surface area contributed by atoms with Crippen LogP contribution in [-0.4, -0.2) is 34.1 Å². The predicted octanol–water partition coefficient (Wildman–Crippen LogP) is 4.36. The molecule has 0 aliphatic carbocycles. The Bertz CT molecular complexity index is 737. The van der Waals surface area contributed by atoms with Gasteiger partial charge in [-0.25, -0.2) is 0 Å². The van der Waals surface area contributed by atoms with E-state index in [1.54, 1.807) is 32.0 Å². The molecule has 9 heteroatoms. The van der Waals surface area contributed by atoms with Crippen LogP contribution in [0, 0.1) is 11.3 Å². The monoisotopic (exact) mass is 479 g/mol. The van der Waals surface area contributed by atoms with E-state index in [9.17, 15) is 14.6 Å². The van der Waals surface area contributed by atoms with Gasteiger partial charge in [0.15, 0.2) is 5.78 Å². The molecule has 0 spiro atoms. The van der Waals surface area contributed by atoms with Gasteiger partial charge >= 0.3 is 0 Å². The van der Waals surface area contributed by atoms with Crippen molar-refractivity contribution in [3.05, 3.63) is 31.5 Å². The molecule has 26 heavy (non-hydrogen) atoms. The van der Waals surface area contributed by atoms with Gasteiger partial charge in [-0.05, 0) is 49.7 Å². The zero-order valence-corrected chi connectivity index (χ0v) is 19.6. The lowest BCUT2D eigenvalue weighted by molar-refractivity contribution is -0.116. The Hall–Kier alpha value is -0.560. The third kappa shape index (κ3) is 6.25. The molecule has 0 fully saturated rings. The number of hydrogen-bond acceptors (Lipinski definition) is 6. The lowest BCUT2D eigenvalue weighted by atomic mass is 9.92. The Kier molecular flexibility index (Phi) is 8.21. The maximum atomic E-state index is 12.7. The van der Waals surface area contributed by atoms with Gasteiger partial charge in [-0.1, -0.05) is 11.6 Å². The number of halogens is 2. The topological polar surface area (TPSA) is 79.2 Å². The number of allylic oxidation sites excluding steroid dienone is 1. The number of nitrogens with zero attached hydrogens (tertiary/aromatic N) is 2. The average Bonchev–Trinajstić information content (AvgIpc) is 2.82. The summed E-state index contributed by atoms with van der Waals surface area (Å²) in [6.45, 7) is 7.31. The molecule has 0 bridgehead atoms. The minimum Gasteiger partial charge on any atom is -0.598 e. The molecule has 2 atom stereocenters. The summed E-state index contributed by atoms with van der Waals surface area (Å²) in [5.74, 6) is -0.345. The molecule has 0 aliphatic heterocycles. The second kappa shape index (κ2) is 9.09. The molecular weight excluding hydrogens is 458 g/mol. The number of ketones is 1. The number of nitrogens with one attached hydrogen (secondary N) is 1. The van der Waals surface area contributed by atoms with Crippen molar-refractivity contribution in [1.82, 2.24) is 9.62 Å². The van der Waals surface area contributed by atoms with Crippen LogP contribution in [0.3, 0.4) is 0 Å². The molecule has 0 saturated heterocycles. The standard InChI is InChI=1S/C17H23BrClN3O2S2/c1-16(2,3)26(24)21-17(4,15-12(19)7-14(18)25-15)8-13(23)11(9-20)10-22(5)6/h7,10,21H,8H2,1-6H3/t17-,26?/m0/s1. The van der Waals surface area contributed by atoms with Gasteiger partial charge in [0.05, 0.1) is 8.81 Å². The van der Waals surface area contributed by atoms with Gasteiger partial charge < -0.3 is 9.45 Å². The summed E-state index contributed by atoms with van der Waals surface area (Å²) in [7, 11) is 3.48. The molecule has 0 aromatic carbocycles. The van der Waals surface area contributed by atoms with E-state index < -0.39 is 21.6 Å². The molecule has 1 heterocycles. The van der Waals surface area contributed by atoms with Crippen molar-refractivity contribution in [2.75, 3.05) is 14.1 Å². The Morgan fingerprint density at radius 1 is 1.50 bits per heavy atom. The highest BCUT2D eigenvalue weighted by Crippen LogP contribution is 2.41. The summed E-state index contributed by atoms with van der Waals surface area (Å²) in [6, 6.07) is 3.68. The van der Waals surface area contributed by atoms with Gasteiger partial charge in [0.1, 0.15) is 21.9 Å². The molecule has 1 unspecified atom stereocenters. The van der Waals surface area contributed by atoms with Crippen LogP contribution < -0.4 is 4.72 Å². The summed E-state index contributed by atoms with van der Waals surface area (Å²) in [4.78, 5) is 15.1. The van der Waals surface area contributed by atoms with Gasteiger partial charge in [-0.2, -0.15) is 5.26 Å². The van der Waals surface area contributed by atoms with E-state index in [0.29, 0.717) is 9.90 Å². The summed E-state index contributed by atoms with van der Waals surface area (Å²) >= 11 is 9.69. The fourth-order valence-electron chi connectivity index (χ4n) is 2.08. The molecule has 1 aromatic rings. The third-order valence-corrected chi connectivity index (χ3v) is 7.41. The number of rotatable bonds is 7. The first-order valence-electron chi connectivity index (χ1n) is 7.76. The van der Waals surface area contributed by atoms with Crippen LogP contribution in [-0.2, 0) is 21.7 Å². The minimum absolute atomic E-state index is 0.0383. The average molecular weight is 481 g/mol. The molecule has 1 aromatic heterocycles. The molecular formula is C17H23BrClN3O2S2. The molecule has 0 aliphatic rings. The Morgan fingerprint density at radius 3 is 2.46 bits per heavy atom. The smallest absolute Gasteiger partial charge is 0.177 e. The second-order valence-electron chi connectivity index (χ2n) is 7.26. The Labute approximate surface area is 175 Å². The maximum Gasteiger partial charge on any atom is 0.177 e. The molecule has 0 amide bonds. The van der Waals surface area contributed by atoms with Crippen molar-refractivity contribution in [1.29, 1.82) is 5.26 Å². The fourth-order valence-corrected chi connectivity index (χ4v) is 5.25. The first-order chi connectivity index (χ1) is 11.8. The molecule has 144 valence electrons. The molecule has 1 N–H and O–H groups in total. The minimum atomic E-state index is -1.43. The van der Waals surface area contributed by atoms with Crippen LogP contribution in [0.2, 0.25) is 5.02 Å². The van der Waals surface area contributed by atoms with E-state index in [-0.39, 0.29) is 17.8 Å². The van der Waals surface area contributed by atoms with Crippen molar-refractivity contribution >= 4 is 56.0 Å². The highest BCUT2D eigenvalue weighted by molar-refractivity contribution is 9.11. The van der Waals surface area contributed by atoms with Crippen molar-refractivity contribution in [3.8, 4) is 6.07 Å². The predicted molar refractivity (Wildman–Crippen MR) is 112 cm³/mol. The van der Waals surface area contributed by atoms with Gasteiger partial charge in [-0.3, -0.25) is 4.79 Å². The SMILES string of the molecule is CN(C)C=C(C#N)C(=O)C[C@](C)(N[S+]([O-])C(C)(C)C)c1sc(Br)cc1Cl. The van der Waals surface area contributed by atoms with Crippen molar-refractivity contribution in [2.24, 2.45) is 0 Å².